The molecule has 1 aromatic rings. The minimum Gasteiger partial charge on any atom is -1.00 e. The minimum absolute atomic E-state index is 0. The van der Waals surface area contributed by atoms with Gasteiger partial charge in [-0.15, -0.1) is 0 Å². The molecule has 0 N–H and O–H groups in total. The topological polar surface area (TPSA) is 0 Å². The first-order valence-corrected chi connectivity index (χ1v) is 10.2. The summed E-state index contributed by atoms with van der Waals surface area (Å²) in [5.74, 6) is 0. The van der Waals surface area contributed by atoms with Crippen molar-refractivity contribution >= 4 is 5.69 Å². The van der Waals surface area contributed by atoms with Crippen molar-refractivity contribution in [1.82, 2.24) is 4.48 Å². The molecule has 0 amide bonds. The van der Waals surface area contributed by atoms with Gasteiger partial charge in [-0.2, -0.15) is 0 Å². The lowest BCUT2D eigenvalue weighted by Crippen LogP contribution is -3.00. The fraction of sp³-hybridized carbons (Fsp3) is 0.727. The summed E-state index contributed by atoms with van der Waals surface area (Å²) in [6.45, 7) is 10.7. The van der Waals surface area contributed by atoms with E-state index in [1.165, 1.54) is 89.5 Å². The van der Waals surface area contributed by atoms with Crippen LogP contribution in [0.5, 0.6) is 0 Å². The van der Waals surface area contributed by atoms with Crippen LogP contribution in [0, 0.1) is 0 Å². The highest BCUT2D eigenvalue weighted by Gasteiger charge is 2.25. The largest absolute Gasteiger partial charge is 1.00 e. The molecular weight excluding hydrogens is 314 g/mol. The first kappa shape index (κ1) is 23.5. The summed E-state index contributed by atoms with van der Waals surface area (Å²) in [6, 6.07) is 11.1. The van der Waals surface area contributed by atoms with Crippen LogP contribution in [0.3, 0.4) is 0 Å². The molecule has 2 heteroatoms. The second kappa shape index (κ2) is 14.8. The molecule has 140 valence electrons. The first-order valence-electron chi connectivity index (χ1n) is 10.2. The highest BCUT2D eigenvalue weighted by Crippen LogP contribution is 2.23. The zero-order valence-corrected chi connectivity index (χ0v) is 17.2. The Hall–Kier alpha value is -0.530. The van der Waals surface area contributed by atoms with Crippen LogP contribution in [0.15, 0.2) is 30.3 Å². The van der Waals surface area contributed by atoms with Gasteiger partial charge in [0.1, 0.15) is 5.69 Å². The van der Waals surface area contributed by atoms with Crippen LogP contribution in [0.1, 0.15) is 85.0 Å². The van der Waals surface area contributed by atoms with E-state index in [1.54, 1.807) is 0 Å². The molecule has 0 aliphatic carbocycles. The van der Waals surface area contributed by atoms with E-state index in [0.717, 1.165) is 4.48 Å². The molecule has 1 nitrogen and oxygen atoms in total. The summed E-state index contributed by atoms with van der Waals surface area (Å²) in [4.78, 5) is 0. The van der Waals surface area contributed by atoms with Crippen molar-refractivity contribution in [2.24, 2.45) is 0 Å². The van der Waals surface area contributed by atoms with Crippen LogP contribution in [0.2, 0.25) is 0 Å². The number of halogens is 1. The van der Waals surface area contributed by atoms with Gasteiger partial charge in [0.15, 0.2) is 0 Å². The molecule has 0 saturated carbocycles. The predicted molar refractivity (Wildman–Crippen MR) is 106 cm³/mol. The lowest BCUT2D eigenvalue weighted by Gasteiger charge is -2.36. The van der Waals surface area contributed by atoms with Crippen molar-refractivity contribution in [3.8, 4) is 0 Å². The maximum Gasteiger partial charge on any atom is 0.132 e. The third-order valence-corrected chi connectivity index (χ3v) is 5.45. The molecule has 0 saturated heterocycles. The maximum atomic E-state index is 2.34. The number of unbranched alkanes of at least 4 members (excludes halogenated alkanes) is 9. The Morgan fingerprint density at radius 3 is 1.54 bits per heavy atom. The van der Waals surface area contributed by atoms with Crippen molar-refractivity contribution in [1.29, 1.82) is 0 Å². The van der Waals surface area contributed by atoms with Gasteiger partial charge in [0.25, 0.3) is 0 Å². The van der Waals surface area contributed by atoms with E-state index in [-0.39, 0.29) is 12.4 Å². The predicted octanol–water partition coefficient (Wildman–Crippen LogP) is 3.96. The molecule has 0 bridgehead atoms. The van der Waals surface area contributed by atoms with Crippen molar-refractivity contribution < 1.29 is 12.4 Å². The molecule has 0 unspecified atom stereocenters. The van der Waals surface area contributed by atoms with E-state index in [0.29, 0.717) is 0 Å². The summed E-state index contributed by atoms with van der Waals surface area (Å²) < 4.78 is 1.15. The molecule has 0 fully saturated rings. The molecule has 0 spiro atoms. The van der Waals surface area contributed by atoms with Crippen LogP contribution in [-0.4, -0.2) is 19.6 Å². The van der Waals surface area contributed by atoms with E-state index in [2.05, 4.69) is 51.1 Å². The van der Waals surface area contributed by atoms with Crippen LogP contribution in [-0.2, 0) is 0 Å². The molecule has 0 aromatic heterocycles. The van der Waals surface area contributed by atoms with E-state index in [1.807, 2.05) is 0 Å². The molecule has 0 aliphatic heterocycles. The Morgan fingerprint density at radius 2 is 1.08 bits per heavy atom. The molecule has 0 radical (unpaired) electrons. The number of para-hydroxylation sites is 1. The number of rotatable bonds is 14. The molecular formula is C22H40ClN. The maximum absolute atomic E-state index is 2.34. The Morgan fingerprint density at radius 1 is 0.625 bits per heavy atom. The highest BCUT2D eigenvalue weighted by atomic mass is 35.5. The summed E-state index contributed by atoms with van der Waals surface area (Å²) in [6.07, 6.45) is 14.2. The standard InChI is InChI=1S/C22H40N.ClH/c1-4-7-8-9-10-11-12-13-14-18-21-23(5-2,6-3)22-19-16-15-17-20-22;/h15-17,19-20H,4-14,18,21H2,1-3H3;1H/q+1;/p-1. The van der Waals surface area contributed by atoms with Gasteiger partial charge < -0.3 is 12.4 Å². The Kier molecular flexibility index (Phi) is 14.5. The third kappa shape index (κ3) is 8.53. The Labute approximate surface area is 157 Å². The van der Waals surface area contributed by atoms with Gasteiger partial charge in [0.2, 0.25) is 0 Å². The van der Waals surface area contributed by atoms with E-state index >= 15 is 0 Å². The number of nitrogens with zero attached hydrogens (tertiary/aromatic N) is 1. The summed E-state index contributed by atoms with van der Waals surface area (Å²) >= 11 is 0. The fourth-order valence-corrected chi connectivity index (χ4v) is 3.68. The number of benzene rings is 1. The Balaban J connectivity index is 0.00000529. The second-order valence-electron chi connectivity index (χ2n) is 7.02. The van der Waals surface area contributed by atoms with Crippen molar-refractivity contribution in [3.63, 3.8) is 0 Å². The van der Waals surface area contributed by atoms with Gasteiger partial charge in [-0.05, 0) is 38.8 Å². The number of hydrogen-bond acceptors (Lipinski definition) is 0. The summed E-state index contributed by atoms with van der Waals surface area (Å²) in [5, 5.41) is 0. The van der Waals surface area contributed by atoms with E-state index < -0.39 is 0 Å². The minimum atomic E-state index is 0. The van der Waals surface area contributed by atoms with Gasteiger partial charge in [0.05, 0.1) is 19.6 Å². The molecule has 0 heterocycles. The zero-order chi connectivity index (χ0) is 16.8. The first-order chi connectivity index (χ1) is 11.3. The number of quaternary nitrogens is 1. The van der Waals surface area contributed by atoms with Gasteiger partial charge in [-0.3, -0.25) is 4.48 Å². The number of hydrogen-bond donors (Lipinski definition) is 0. The highest BCUT2D eigenvalue weighted by molar-refractivity contribution is 5.42. The molecule has 0 aliphatic rings. The summed E-state index contributed by atoms with van der Waals surface area (Å²) in [5.41, 5.74) is 1.49. The molecule has 1 aromatic carbocycles. The quantitative estimate of drug-likeness (QED) is 0.351. The van der Waals surface area contributed by atoms with Gasteiger partial charge in [-0.1, -0.05) is 76.5 Å². The lowest BCUT2D eigenvalue weighted by atomic mass is 10.1. The van der Waals surface area contributed by atoms with Crippen LogP contribution in [0.25, 0.3) is 0 Å². The van der Waals surface area contributed by atoms with E-state index in [4.69, 9.17) is 0 Å². The average molecular weight is 354 g/mol. The average Bonchev–Trinajstić information content (AvgIpc) is 2.61. The van der Waals surface area contributed by atoms with Crippen molar-refractivity contribution in [3.05, 3.63) is 30.3 Å². The van der Waals surface area contributed by atoms with Crippen molar-refractivity contribution in [2.45, 2.75) is 85.0 Å². The lowest BCUT2D eigenvalue weighted by molar-refractivity contribution is -0.00000505. The molecule has 0 atom stereocenters. The smallest absolute Gasteiger partial charge is 0.132 e. The van der Waals surface area contributed by atoms with Crippen LogP contribution >= 0.6 is 0 Å². The van der Waals surface area contributed by atoms with Crippen LogP contribution < -0.4 is 16.9 Å². The zero-order valence-electron chi connectivity index (χ0n) is 16.4. The third-order valence-electron chi connectivity index (χ3n) is 5.45. The van der Waals surface area contributed by atoms with Crippen LogP contribution in [0.4, 0.5) is 5.69 Å². The monoisotopic (exact) mass is 353 g/mol. The van der Waals surface area contributed by atoms with Gasteiger partial charge >= 0.3 is 0 Å². The van der Waals surface area contributed by atoms with Crippen molar-refractivity contribution in [2.75, 3.05) is 19.6 Å². The summed E-state index contributed by atoms with van der Waals surface area (Å²) in [7, 11) is 0. The fourth-order valence-electron chi connectivity index (χ4n) is 3.68. The van der Waals surface area contributed by atoms with E-state index in [9.17, 15) is 0 Å². The molecule has 1 rings (SSSR count). The second-order valence-corrected chi connectivity index (χ2v) is 7.02. The van der Waals surface area contributed by atoms with Gasteiger partial charge in [0, 0.05) is 0 Å². The van der Waals surface area contributed by atoms with Gasteiger partial charge in [-0.25, -0.2) is 0 Å². The molecule has 24 heavy (non-hydrogen) atoms. The normalized spacial score (nSPS) is 11.3. The Bertz CT molecular complexity index is 373. The SMILES string of the molecule is CCCCCCCCCCCC[N+](CC)(CC)c1ccccc1.[Cl-].